The fraction of sp³-hybridized carbons (Fsp3) is 0.364. The molecule has 0 saturated carbocycles. The summed E-state index contributed by atoms with van der Waals surface area (Å²) < 4.78 is 0. The Labute approximate surface area is 99.4 Å². The Balaban J connectivity index is 2.55. The van der Waals surface area contributed by atoms with Gasteiger partial charge in [0.25, 0.3) is 5.91 Å². The second kappa shape index (κ2) is 6.35. The SMILES string of the molecule is Nc1ccc(Cl)c(C(=O)NCCCCO)c1. The van der Waals surface area contributed by atoms with E-state index < -0.39 is 0 Å². The minimum Gasteiger partial charge on any atom is -0.399 e. The molecule has 0 spiro atoms. The van der Waals surface area contributed by atoms with Crippen molar-refractivity contribution in [3.8, 4) is 0 Å². The van der Waals surface area contributed by atoms with E-state index in [1.54, 1.807) is 18.2 Å². The van der Waals surface area contributed by atoms with Crippen molar-refractivity contribution in [1.29, 1.82) is 0 Å². The first-order valence-corrected chi connectivity index (χ1v) is 5.47. The highest BCUT2D eigenvalue weighted by atomic mass is 35.5. The molecule has 0 saturated heterocycles. The summed E-state index contributed by atoms with van der Waals surface area (Å²) in [5.41, 5.74) is 6.45. The van der Waals surface area contributed by atoms with Crippen LogP contribution in [0.1, 0.15) is 23.2 Å². The number of rotatable bonds is 5. The maximum Gasteiger partial charge on any atom is 0.252 e. The molecule has 0 aromatic heterocycles. The van der Waals surface area contributed by atoms with Crippen LogP contribution in [0.4, 0.5) is 5.69 Å². The van der Waals surface area contributed by atoms with Crippen molar-refractivity contribution in [3.63, 3.8) is 0 Å². The monoisotopic (exact) mass is 242 g/mol. The number of halogens is 1. The van der Waals surface area contributed by atoms with E-state index in [1.807, 2.05) is 0 Å². The van der Waals surface area contributed by atoms with Gasteiger partial charge in [-0.05, 0) is 31.0 Å². The Kier molecular flexibility index (Phi) is 5.08. The minimum absolute atomic E-state index is 0.134. The van der Waals surface area contributed by atoms with Gasteiger partial charge in [0, 0.05) is 18.8 Å². The second-order valence-corrected chi connectivity index (χ2v) is 3.83. The maximum atomic E-state index is 11.7. The van der Waals surface area contributed by atoms with E-state index in [2.05, 4.69) is 5.32 Å². The van der Waals surface area contributed by atoms with Crippen molar-refractivity contribution in [2.24, 2.45) is 0 Å². The summed E-state index contributed by atoms with van der Waals surface area (Å²) in [6.45, 7) is 0.652. The Hall–Kier alpha value is -1.26. The van der Waals surface area contributed by atoms with E-state index in [0.29, 0.717) is 29.2 Å². The molecule has 1 amide bonds. The summed E-state index contributed by atoms with van der Waals surface area (Å²) in [6.07, 6.45) is 1.41. The van der Waals surface area contributed by atoms with Crippen LogP contribution in [0.2, 0.25) is 5.02 Å². The number of hydrogen-bond donors (Lipinski definition) is 3. The molecule has 0 bridgehead atoms. The van der Waals surface area contributed by atoms with E-state index >= 15 is 0 Å². The van der Waals surface area contributed by atoms with Gasteiger partial charge in [0.05, 0.1) is 10.6 Å². The molecule has 4 nitrogen and oxygen atoms in total. The molecule has 1 aromatic rings. The lowest BCUT2D eigenvalue weighted by atomic mass is 10.2. The first-order chi connectivity index (χ1) is 7.65. The topological polar surface area (TPSA) is 75.4 Å². The van der Waals surface area contributed by atoms with Crippen LogP contribution in [-0.2, 0) is 0 Å². The van der Waals surface area contributed by atoms with Gasteiger partial charge in [0.2, 0.25) is 0 Å². The van der Waals surface area contributed by atoms with Crippen molar-refractivity contribution < 1.29 is 9.90 Å². The lowest BCUT2D eigenvalue weighted by Crippen LogP contribution is -2.25. The number of amides is 1. The van der Waals surface area contributed by atoms with E-state index in [0.717, 1.165) is 6.42 Å². The van der Waals surface area contributed by atoms with Crippen LogP contribution < -0.4 is 11.1 Å². The highest BCUT2D eigenvalue weighted by Crippen LogP contribution is 2.18. The molecule has 16 heavy (non-hydrogen) atoms. The number of unbranched alkanes of at least 4 members (excludes halogenated alkanes) is 1. The number of hydrogen-bond acceptors (Lipinski definition) is 3. The number of aliphatic hydroxyl groups excluding tert-OH is 1. The van der Waals surface area contributed by atoms with E-state index in [-0.39, 0.29) is 12.5 Å². The normalized spacial score (nSPS) is 10.1. The Morgan fingerprint density at radius 2 is 2.19 bits per heavy atom. The molecular weight excluding hydrogens is 228 g/mol. The van der Waals surface area contributed by atoms with Crippen LogP contribution in [0.3, 0.4) is 0 Å². The van der Waals surface area contributed by atoms with Gasteiger partial charge in [-0.25, -0.2) is 0 Å². The lowest BCUT2D eigenvalue weighted by molar-refractivity contribution is 0.0952. The first kappa shape index (κ1) is 12.8. The average Bonchev–Trinajstić information content (AvgIpc) is 2.27. The minimum atomic E-state index is -0.241. The number of nitrogens with one attached hydrogen (secondary N) is 1. The summed E-state index contributed by atoms with van der Waals surface area (Å²) >= 11 is 5.87. The van der Waals surface area contributed by atoms with Gasteiger partial charge in [-0.3, -0.25) is 4.79 Å². The third kappa shape index (κ3) is 3.72. The van der Waals surface area contributed by atoms with Crippen molar-refractivity contribution in [1.82, 2.24) is 5.32 Å². The summed E-state index contributed by atoms with van der Waals surface area (Å²) in [7, 11) is 0. The largest absolute Gasteiger partial charge is 0.399 e. The molecule has 0 aliphatic carbocycles. The molecule has 0 aliphatic rings. The van der Waals surface area contributed by atoms with Crippen LogP contribution in [0.15, 0.2) is 18.2 Å². The quantitative estimate of drug-likeness (QED) is 0.540. The molecule has 0 fully saturated rings. The predicted molar refractivity (Wildman–Crippen MR) is 64.5 cm³/mol. The highest BCUT2D eigenvalue weighted by Gasteiger charge is 2.09. The molecule has 0 aliphatic heterocycles. The van der Waals surface area contributed by atoms with Crippen LogP contribution in [0, 0.1) is 0 Å². The zero-order valence-corrected chi connectivity index (χ0v) is 9.63. The number of benzene rings is 1. The van der Waals surface area contributed by atoms with Crippen LogP contribution in [-0.4, -0.2) is 24.2 Å². The van der Waals surface area contributed by atoms with Gasteiger partial charge in [-0.2, -0.15) is 0 Å². The summed E-state index contributed by atoms with van der Waals surface area (Å²) in [5, 5.41) is 11.7. The van der Waals surface area contributed by atoms with Crippen molar-refractivity contribution in [2.75, 3.05) is 18.9 Å². The summed E-state index contributed by atoms with van der Waals surface area (Å²) in [6, 6.07) is 4.79. The van der Waals surface area contributed by atoms with Gasteiger partial charge in [0.1, 0.15) is 0 Å². The molecule has 5 heteroatoms. The molecule has 0 radical (unpaired) electrons. The number of nitrogens with two attached hydrogens (primary N) is 1. The summed E-state index contributed by atoms with van der Waals surface area (Å²) in [4.78, 5) is 11.7. The number of nitrogen functional groups attached to an aromatic ring is 1. The van der Waals surface area contributed by atoms with Crippen molar-refractivity contribution in [3.05, 3.63) is 28.8 Å². The van der Waals surface area contributed by atoms with Gasteiger partial charge < -0.3 is 16.2 Å². The molecule has 4 N–H and O–H groups in total. The fourth-order valence-electron chi connectivity index (χ4n) is 1.25. The number of carbonyl (C=O) groups excluding carboxylic acids is 1. The smallest absolute Gasteiger partial charge is 0.252 e. The second-order valence-electron chi connectivity index (χ2n) is 3.43. The molecule has 0 unspecified atom stereocenters. The van der Waals surface area contributed by atoms with Gasteiger partial charge >= 0.3 is 0 Å². The Morgan fingerprint density at radius 3 is 2.88 bits per heavy atom. The summed E-state index contributed by atoms with van der Waals surface area (Å²) in [5.74, 6) is -0.241. The molecular formula is C11H15ClN2O2. The van der Waals surface area contributed by atoms with Gasteiger partial charge in [-0.15, -0.1) is 0 Å². The third-order valence-corrected chi connectivity index (χ3v) is 2.44. The van der Waals surface area contributed by atoms with E-state index in [4.69, 9.17) is 22.4 Å². The lowest BCUT2D eigenvalue weighted by Gasteiger charge is -2.06. The predicted octanol–water partition coefficient (Wildman–Crippen LogP) is 1.42. The van der Waals surface area contributed by atoms with Crippen LogP contribution >= 0.6 is 11.6 Å². The van der Waals surface area contributed by atoms with E-state index in [1.165, 1.54) is 0 Å². The van der Waals surface area contributed by atoms with Crippen LogP contribution in [0.5, 0.6) is 0 Å². The average molecular weight is 243 g/mol. The van der Waals surface area contributed by atoms with Gasteiger partial charge in [-0.1, -0.05) is 11.6 Å². The highest BCUT2D eigenvalue weighted by molar-refractivity contribution is 6.34. The molecule has 0 atom stereocenters. The Morgan fingerprint density at radius 1 is 1.44 bits per heavy atom. The molecule has 1 aromatic carbocycles. The standard InChI is InChI=1S/C11H15ClN2O2/c12-10-4-3-8(13)7-9(10)11(16)14-5-1-2-6-15/h3-4,7,15H,1-2,5-6,13H2,(H,14,16). The van der Waals surface area contributed by atoms with Crippen molar-refractivity contribution in [2.45, 2.75) is 12.8 Å². The Bertz CT molecular complexity index is 369. The molecule has 0 heterocycles. The maximum absolute atomic E-state index is 11.7. The zero-order chi connectivity index (χ0) is 12.0. The number of aliphatic hydroxyl groups is 1. The van der Waals surface area contributed by atoms with Crippen molar-refractivity contribution >= 4 is 23.2 Å². The number of carbonyl (C=O) groups is 1. The zero-order valence-electron chi connectivity index (χ0n) is 8.87. The van der Waals surface area contributed by atoms with Crippen LogP contribution in [0.25, 0.3) is 0 Å². The first-order valence-electron chi connectivity index (χ1n) is 5.09. The van der Waals surface area contributed by atoms with Gasteiger partial charge in [0.15, 0.2) is 0 Å². The fourth-order valence-corrected chi connectivity index (χ4v) is 1.45. The third-order valence-electron chi connectivity index (χ3n) is 2.11. The molecule has 88 valence electrons. The van der Waals surface area contributed by atoms with E-state index in [9.17, 15) is 4.79 Å². The number of anilines is 1. The molecule has 1 rings (SSSR count).